The van der Waals surface area contributed by atoms with Crippen molar-refractivity contribution in [2.45, 2.75) is 91.8 Å². The number of aromatic nitrogens is 3. The quantitative estimate of drug-likeness (QED) is 0.156. The second kappa shape index (κ2) is 17.9. The number of furan rings is 1. The third-order valence-corrected chi connectivity index (χ3v) is 14.1. The third kappa shape index (κ3) is 7.92. The van der Waals surface area contributed by atoms with Gasteiger partial charge in [0, 0.05) is 51.4 Å². The zero-order valence-electron chi connectivity index (χ0n) is 45.5. The van der Waals surface area contributed by atoms with Crippen molar-refractivity contribution < 1.29 is 37.1 Å². The van der Waals surface area contributed by atoms with Crippen LogP contribution in [-0.4, -0.2) is 14.5 Å². The van der Waals surface area contributed by atoms with Crippen molar-refractivity contribution in [2.75, 3.05) is 0 Å². The average molecular weight is 1080 g/mol. The van der Waals surface area contributed by atoms with Crippen LogP contribution in [0.3, 0.4) is 0 Å². The summed E-state index contributed by atoms with van der Waals surface area (Å²) in [5.74, 6) is 0.885. The molecule has 0 bridgehead atoms. The van der Waals surface area contributed by atoms with E-state index in [4.69, 9.17) is 17.6 Å². The van der Waals surface area contributed by atoms with Gasteiger partial charge in [-0.05, 0) is 112 Å². The first-order chi connectivity index (χ1) is 34.5. The SMILES string of the molecule is CC1(C)c2cc(F)c[c-]c2-c2ncccc2C1(C)C.[2H]C([2H])([2H])c1cc(-c2ccc3c(c2)oc2c(-c4nc5ccccc5n4-c4c(C(C)C)cc(-c5ccccc5)cc4C(C)C)[c-]ccc23)cc(C([2H])([2H])[2H])c1.[Ir]. The normalized spacial score (nSPS) is 15.3. The van der Waals surface area contributed by atoms with Crippen molar-refractivity contribution in [3.63, 3.8) is 0 Å². The van der Waals surface area contributed by atoms with Crippen LogP contribution in [0.4, 0.5) is 4.39 Å². The summed E-state index contributed by atoms with van der Waals surface area (Å²) in [7, 11) is 0. The molecule has 11 rings (SSSR count). The maximum atomic E-state index is 13.6. The van der Waals surface area contributed by atoms with Crippen LogP contribution < -0.4 is 0 Å². The topological polar surface area (TPSA) is 43.9 Å². The average Bonchev–Trinajstić information content (AvgIpc) is 3.94. The predicted molar refractivity (Wildman–Crippen MR) is 276 cm³/mol. The molecule has 6 heteroatoms. The molecule has 1 radical (unpaired) electrons. The maximum absolute atomic E-state index is 13.6. The summed E-state index contributed by atoms with van der Waals surface area (Å²) in [5.41, 5.74) is 14.5. The Labute approximate surface area is 422 Å². The van der Waals surface area contributed by atoms with Crippen LogP contribution in [0.25, 0.3) is 83.6 Å². The second-order valence-corrected chi connectivity index (χ2v) is 19.4. The molecule has 0 saturated heterocycles. The Morgan fingerprint density at radius 3 is 2.03 bits per heavy atom. The van der Waals surface area contributed by atoms with Crippen LogP contribution in [0.5, 0.6) is 0 Å². The van der Waals surface area contributed by atoms with Crippen molar-refractivity contribution in [1.82, 2.24) is 14.5 Å². The predicted octanol–water partition coefficient (Wildman–Crippen LogP) is 16.8. The Bertz CT molecular complexity index is 3690. The van der Waals surface area contributed by atoms with E-state index in [1.54, 1.807) is 12.3 Å². The number of pyridine rings is 1. The molecule has 0 N–H and O–H groups in total. The number of rotatable bonds is 6. The Hall–Kier alpha value is -6.46. The molecule has 1 aliphatic rings. The molecule has 0 spiro atoms. The molecule has 0 atom stereocenters. The van der Waals surface area contributed by atoms with Gasteiger partial charge in [0.15, 0.2) is 0 Å². The molecule has 0 fully saturated rings. The monoisotopic (exact) mass is 1080 g/mol. The number of imidazole rings is 1. The number of fused-ring (bicyclic) bond motifs is 7. The number of halogens is 1. The molecule has 1 aliphatic carbocycles. The van der Waals surface area contributed by atoms with Gasteiger partial charge in [-0.3, -0.25) is 9.37 Å². The second-order valence-electron chi connectivity index (χ2n) is 19.4. The van der Waals surface area contributed by atoms with Gasteiger partial charge in [0.1, 0.15) is 5.58 Å². The van der Waals surface area contributed by atoms with Gasteiger partial charge in [-0.2, -0.15) is 0 Å². The number of nitrogens with zero attached hydrogens (tertiary/aromatic N) is 3. The summed E-state index contributed by atoms with van der Waals surface area (Å²) < 4.78 is 70.6. The third-order valence-electron chi connectivity index (χ3n) is 14.1. The minimum Gasteiger partial charge on any atom is -0.501 e. The smallest absolute Gasteiger partial charge is 0.121 e. The molecule has 0 amide bonds. The van der Waals surface area contributed by atoms with Gasteiger partial charge in [-0.15, -0.1) is 47.5 Å². The molecule has 343 valence electrons. The molecule has 0 saturated carbocycles. The van der Waals surface area contributed by atoms with E-state index in [1.165, 1.54) is 52.1 Å². The summed E-state index contributed by atoms with van der Waals surface area (Å²) in [4.78, 5) is 9.75. The van der Waals surface area contributed by atoms with Gasteiger partial charge in [0.05, 0.1) is 22.4 Å². The molecule has 4 nitrogen and oxygen atoms in total. The zero-order valence-corrected chi connectivity index (χ0v) is 41.9. The van der Waals surface area contributed by atoms with Crippen LogP contribution in [-0.2, 0) is 30.9 Å². The Balaban J connectivity index is 0.000000281. The molecule has 7 aromatic carbocycles. The number of benzene rings is 7. The van der Waals surface area contributed by atoms with Crippen molar-refractivity contribution in [1.29, 1.82) is 0 Å². The molecule has 10 aromatic rings. The van der Waals surface area contributed by atoms with Crippen molar-refractivity contribution >= 4 is 33.0 Å². The molecule has 0 unspecified atom stereocenters. The summed E-state index contributed by atoms with van der Waals surface area (Å²) in [6, 6.07) is 50.8. The van der Waals surface area contributed by atoms with Crippen LogP contribution in [0.2, 0.25) is 0 Å². The first kappa shape index (κ1) is 39.5. The van der Waals surface area contributed by atoms with E-state index < -0.39 is 13.7 Å². The Morgan fingerprint density at radius 1 is 0.647 bits per heavy atom. The molecule has 68 heavy (non-hydrogen) atoms. The first-order valence-electron chi connectivity index (χ1n) is 26.0. The van der Waals surface area contributed by atoms with E-state index in [2.05, 4.69) is 126 Å². The van der Waals surface area contributed by atoms with Crippen molar-refractivity contribution in [3.05, 3.63) is 197 Å². The van der Waals surface area contributed by atoms with E-state index in [-0.39, 0.29) is 59.7 Å². The fraction of sp³-hybridized carbons (Fsp3) is 0.226. The fourth-order valence-electron chi connectivity index (χ4n) is 9.86. The number of para-hydroxylation sites is 2. The van der Waals surface area contributed by atoms with Gasteiger partial charge >= 0.3 is 0 Å². The van der Waals surface area contributed by atoms with Crippen LogP contribution in [0.15, 0.2) is 150 Å². The molecule has 3 heterocycles. The summed E-state index contributed by atoms with van der Waals surface area (Å²) in [5, 5.41) is 1.75. The maximum Gasteiger partial charge on any atom is 0.121 e. The molecular weight excluding hydrogens is 1010 g/mol. The van der Waals surface area contributed by atoms with Crippen LogP contribution >= 0.6 is 0 Å². The van der Waals surface area contributed by atoms with Crippen molar-refractivity contribution in [2.24, 2.45) is 0 Å². The molecular formula is C62H56FIrN3O-2. The first-order valence-corrected chi connectivity index (χ1v) is 23.0. The van der Waals surface area contributed by atoms with Crippen molar-refractivity contribution in [3.8, 4) is 50.6 Å². The fourth-order valence-corrected chi connectivity index (χ4v) is 9.86. The van der Waals surface area contributed by atoms with Gasteiger partial charge < -0.3 is 14.0 Å². The number of hydrogen-bond acceptors (Lipinski definition) is 3. The number of hydrogen-bond donors (Lipinski definition) is 0. The van der Waals surface area contributed by atoms with Gasteiger partial charge in [-0.25, -0.2) is 0 Å². The summed E-state index contributed by atoms with van der Waals surface area (Å²) in [6.45, 7) is 12.7. The van der Waals surface area contributed by atoms with E-state index in [1.807, 2.05) is 60.7 Å². The van der Waals surface area contributed by atoms with Crippen LogP contribution in [0, 0.1) is 31.7 Å². The summed E-state index contributed by atoms with van der Waals surface area (Å²) >= 11 is 0. The van der Waals surface area contributed by atoms with Gasteiger partial charge in [-0.1, -0.05) is 162 Å². The van der Waals surface area contributed by atoms with Gasteiger partial charge in [0.25, 0.3) is 0 Å². The Morgan fingerprint density at radius 2 is 1.32 bits per heavy atom. The molecule has 0 aliphatic heterocycles. The largest absolute Gasteiger partial charge is 0.501 e. The van der Waals surface area contributed by atoms with E-state index in [9.17, 15) is 4.39 Å². The van der Waals surface area contributed by atoms with E-state index in [0.717, 1.165) is 44.3 Å². The standard InChI is InChI=1S/C45H39N2O.C17H17FN.Ir/c1-27(2)38-24-34(31-13-8-7-9-14-31)25-39(28(3)4)43(38)47-41-18-11-10-17-40(41)46-45(47)37-16-12-15-36-35-20-19-32(26-42(35)48-44(36)37)33-22-29(5)21-30(6)23-33;1-16(2)13-6-5-9-19-15(13)12-8-7-11(18)10-14(12)17(16,3)4;/h7-15,17-28H,1-6H3;5-7,9-10H,1-4H3;/q2*-1;/i5D3,6D3;;. The molecule has 3 aromatic heterocycles. The van der Waals surface area contributed by atoms with Gasteiger partial charge in [0.2, 0.25) is 0 Å². The zero-order chi connectivity index (χ0) is 51.9. The van der Waals surface area contributed by atoms with E-state index >= 15 is 0 Å². The van der Waals surface area contributed by atoms with E-state index in [0.29, 0.717) is 33.7 Å². The Kier molecular flexibility index (Phi) is 10.4. The summed E-state index contributed by atoms with van der Waals surface area (Å²) in [6.07, 6.45) is 1.79. The number of aryl methyl sites for hydroxylation is 2. The minimum atomic E-state index is -2.47. The van der Waals surface area contributed by atoms with Crippen LogP contribution in [0.1, 0.15) is 109 Å². The minimum absolute atomic E-state index is 0.